The monoisotopic (exact) mass is 1590 g/mol. The third kappa shape index (κ3) is 13.1. The molecule has 0 fully saturated rings. The van der Waals surface area contributed by atoms with Crippen LogP contribution in [-0.4, -0.2) is 52.0 Å². The summed E-state index contributed by atoms with van der Waals surface area (Å²) in [6.07, 6.45) is 14.0. The first-order valence-corrected chi connectivity index (χ1v) is 40.3. The van der Waals surface area contributed by atoms with E-state index in [1.54, 1.807) is 39.1 Å². The van der Waals surface area contributed by atoms with Gasteiger partial charge in [0.15, 0.2) is 31.0 Å². The van der Waals surface area contributed by atoms with E-state index >= 15 is 0 Å². The first kappa shape index (κ1) is 78.6. The molecule has 0 aliphatic carbocycles. The molecule has 18 heteroatoms. The van der Waals surface area contributed by atoms with E-state index < -0.39 is 11.7 Å². The van der Waals surface area contributed by atoms with Crippen molar-refractivity contribution in [2.45, 2.75) is 95.2 Å². The number of ether oxygens (including phenoxy) is 1. The number of halogens is 3. The first-order valence-electron chi connectivity index (χ1n) is 40.3. The number of hydrogen-bond donors (Lipinski definition) is 0. The average molecular weight is 1590 g/mol. The number of alkyl halides is 3. The fraction of sp³-hybridized carbons (Fsp3) is 0.196. The van der Waals surface area contributed by atoms with E-state index in [2.05, 4.69) is 302 Å². The van der Waals surface area contributed by atoms with Crippen molar-refractivity contribution >= 4 is 163 Å². The summed E-state index contributed by atoms with van der Waals surface area (Å²) in [6, 6.07) is 55.5. The van der Waals surface area contributed by atoms with Gasteiger partial charge in [-0.05, 0) is 184 Å². The number of hydrogen-bond acceptors (Lipinski definition) is 10. The Labute approximate surface area is 692 Å². The maximum absolute atomic E-state index is 13.6. The van der Waals surface area contributed by atoms with Gasteiger partial charge in [-0.1, -0.05) is 104 Å². The van der Waals surface area contributed by atoms with Gasteiger partial charge in [-0.25, -0.2) is 62.7 Å². The van der Waals surface area contributed by atoms with Crippen LogP contribution in [0.25, 0.3) is 174 Å². The van der Waals surface area contributed by atoms with Crippen LogP contribution in [0.2, 0.25) is 0 Å². The summed E-state index contributed by atoms with van der Waals surface area (Å²) >= 11 is 0. The largest absolute Gasteiger partial charge is 0.496 e. The summed E-state index contributed by atoms with van der Waals surface area (Å²) in [7, 11) is 11.9. The Bertz CT molecular complexity index is 7860. The molecule has 0 unspecified atom stereocenters. The van der Waals surface area contributed by atoms with E-state index in [0.29, 0.717) is 27.9 Å². The normalized spacial score (nSPS) is 11.8. The van der Waals surface area contributed by atoms with Crippen LogP contribution in [0.3, 0.4) is 0 Å². The molecule has 120 heavy (non-hydrogen) atoms. The van der Waals surface area contributed by atoms with E-state index in [9.17, 15) is 13.2 Å². The number of methoxy groups -OCH3 is 1. The quantitative estimate of drug-likeness (QED) is 0.124. The smallest absolute Gasteiger partial charge is 0.417 e. The minimum Gasteiger partial charge on any atom is -0.496 e. The molecule has 10 heterocycles. The molecule has 11 aromatic carbocycles. The average Bonchev–Trinajstić information content (AvgIpc) is 0.705. The van der Waals surface area contributed by atoms with Crippen LogP contribution in [0.4, 0.5) is 13.2 Å². The number of pyridine rings is 6. The molecule has 592 valence electrons. The van der Waals surface area contributed by atoms with Crippen LogP contribution < -0.4 is 27.6 Å². The Morgan fingerprint density at radius 3 is 1.12 bits per heavy atom. The number of aryl methyl sites for hydroxylation is 15. The second-order valence-corrected chi connectivity index (χ2v) is 32.0. The van der Waals surface area contributed by atoms with E-state index in [1.807, 2.05) is 55.2 Å². The number of nitrogens with zero attached hydrogens (tertiary/aromatic N) is 14. The molecule has 0 aliphatic rings. The zero-order valence-corrected chi connectivity index (χ0v) is 70.7. The molecule has 0 saturated heterocycles. The van der Waals surface area contributed by atoms with Crippen LogP contribution in [0.15, 0.2) is 226 Å². The van der Waals surface area contributed by atoms with Gasteiger partial charge in [0.05, 0.1) is 122 Å². The highest BCUT2D eigenvalue weighted by molar-refractivity contribution is 6.29. The van der Waals surface area contributed by atoms with Crippen molar-refractivity contribution in [3.63, 3.8) is 0 Å². The van der Waals surface area contributed by atoms with Gasteiger partial charge in [-0.15, -0.1) is 0 Å². The van der Waals surface area contributed by atoms with Gasteiger partial charge in [-0.2, -0.15) is 13.2 Å². The predicted molar refractivity (Wildman–Crippen MR) is 479 cm³/mol. The van der Waals surface area contributed by atoms with E-state index in [0.717, 1.165) is 94.3 Å². The minimum absolute atomic E-state index is 0.129. The summed E-state index contributed by atoms with van der Waals surface area (Å²) in [5, 5.41) is 21.5. The second kappa shape index (κ2) is 30.9. The lowest BCUT2D eigenvalue weighted by atomic mass is 9.86. The van der Waals surface area contributed by atoms with Crippen molar-refractivity contribution in [3.8, 4) is 16.9 Å². The van der Waals surface area contributed by atoms with Gasteiger partial charge in [0.25, 0.3) is 0 Å². The summed E-state index contributed by atoms with van der Waals surface area (Å²) < 4.78 is 56.9. The molecule has 21 aromatic rings. The molecule has 15 nitrogen and oxygen atoms in total. The summed E-state index contributed by atoms with van der Waals surface area (Å²) in [6.45, 7) is 25.6. The molecule has 10 aromatic heterocycles. The van der Waals surface area contributed by atoms with Crippen LogP contribution in [0.5, 0.6) is 5.75 Å². The topological polar surface area (TPSA) is 145 Å². The van der Waals surface area contributed by atoms with Crippen LogP contribution in [-0.2, 0) is 41.4 Å². The van der Waals surface area contributed by atoms with Gasteiger partial charge in [0.2, 0.25) is 27.6 Å². The molecular formula is C102H92F3N14O+5. The number of benzene rings is 11. The Kier molecular flexibility index (Phi) is 20.2. The molecule has 0 spiro atoms. The Hall–Kier alpha value is -13.9. The molecule has 0 bridgehead atoms. The molecule has 0 N–H and O–H groups in total. The fourth-order valence-electron chi connectivity index (χ4n) is 18.8. The standard InChI is InChI=1S/C28H27N2.C20H20N3.C18H13F3N3.C18H16N3O.C18H16N3/c1-16-14-19(4)23(20(5)15-16)21-10-9-17(2)24-22-8-7-13-30(6)28(22)25-18(3)11-12-29-27(25)26(21)24;1-12(2)14-7-5-8-15-16-9-6-10-23(4)20(16)17-13(3)21-11-22-19(17)18(14)15;1-10-14-16(23-9-22-10)15-11(5-3-7-13(15)18(19,20)21)12-6-4-8-24(2)17(12)14;1-11-15-17(20-10-19-11)16-12(6-4-8-14(16)22-3)13-7-5-9-21(2)18(13)15;1-11-6-4-7-13-14-8-5-9-21(3)18(14)16-12(2)19-10-20-17(16)15(11)13/h7-15H,1-6H3;5-12H,1-4H3;3-9H,1-2H3;4-10H,1-3H3;4-10H,1-3H3/q5*+1. The lowest BCUT2D eigenvalue weighted by molar-refractivity contribution is -0.644. The zero-order chi connectivity index (χ0) is 84.2. The van der Waals surface area contributed by atoms with Crippen molar-refractivity contribution in [3.05, 3.63) is 294 Å². The highest BCUT2D eigenvalue weighted by atomic mass is 19.4. The van der Waals surface area contributed by atoms with E-state index in [1.165, 1.54) is 138 Å². The lowest BCUT2D eigenvalue weighted by Crippen LogP contribution is -2.28. The molecule has 0 atom stereocenters. The highest BCUT2D eigenvalue weighted by Gasteiger charge is 2.35. The van der Waals surface area contributed by atoms with Crippen molar-refractivity contribution in [2.24, 2.45) is 35.2 Å². The molecular weight excluding hydrogens is 1490 g/mol. The third-order valence-electron chi connectivity index (χ3n) is 24.0. The van der Waals surface area contributed by atoms with Crippen LogP contribution in [0, 0.1) is 69.2 Å². The molecule has 0 saturated carbocycles. The van der Waals surface area contributed by atoms with Gasteiger partial charge in [0, 0.05) is 68.8 Å². The van der Waals surface area contributed by atoms with Crippen molar-refractivity contribution < 1.29 is 40.7 Å². The zero-order valence-electron chi connectivity index (χ0n) is 70.7. The van der Waals surface area contributed by atoms with Gasteiger partial charge in [0.1, 0.15) is 66.3 Å². The Morgan fingerprint density at radius 1 is 0.308 bits per heavy atom. The van der Waals surface area contributed by atoms with Gasteiger partial charge in [-0.3, -0.25) is 4.98 Å². The lowest BCUT2D eigenvalue weighted by Gasteiger charge is -2.18. The molecule has 21 rings (SSSR count). The molecule has 0 radical (unpaired) electrons. The van der Waals surface area contributed by atoms with Gasteiger partial charge < -0.3 is 4.74 Å². The van der Waals surface area contributed by atoms with Gasteiger partial charge >= 0.3 is 6.18 Å². The second-order valence-electron chi connectivity index (χ2n) is 32.0. The summed E-state index contributed by atoms with van der Waals surface area (Å²) in [5.41, 5.74) is 24.8. The van der Waals surface area contributed by atoms with Crippen molar-refractivity contribution in [1.29, 1.82) is 0 Å². The maximum Gasteiger partial charge on any atom is 0.417 e. The highest BCUT2D eigenvalue weighted by Crippen LogP contribution is 2.46. The third-order valence-corrected chi connectivity index (χ3v) is 24.0. The predicted octanol–water partition coefficient (Wildman–Crippen LogP) is 21.3. The van der Waals surface area contributed by atoms with Crippen LogP contribution >= 0.6 is 0 Å². The Morgan fingerprint density at radius 2 is 0.667 bits per heavy atom. The number of aromatic nitrogens is 14. The van der Waals surface area contributed by atoms with Crippen molar-refractivity contribution in [2.75, 3.05) is 7.11 Å². The molecule has 0 aliphatic heterocycles. The summed E-state index contributed by atoms with van der Waals surface area (Å²) in [4.78, 5) is 40.5. The summed E-state index contributed by atoms with van der Waals surface area (Å²) in [5.74, 6) is 1.29. The molecule has 0 amide bonds. The fourth-order valence-corrected chi connectivity index (χ4v) is 18.8. The van der Waals surface area contributed by atoms with Crippen LogP contribution in [0.1, 0.15) is 87.0 Å². The minimum atomic E-state index is -4.45. The Balaban J connectivity index is 0.000000108. The number of rotatable bonds is 3. The maximum atomic E-state index is 13.6. The SMILES string of the molecule is COc1cccc2c3ccc[n+](C)c3c3c(C)ncnc3c12.Cc1cc(C)c(-c2ccc(C)c3c4ccc[n+](C)c4c4c(C)ccnc4c23)c(C)c1.Cc1cccc2c3ccc[n+](C)c3c3c(C)ncnc3c12.Cc1ncnc2c3c(C(C)C)cccc3c3ccc[n+](C)c3c12.Cc1ncnc2c3c(C(F)(F)F)cccc3c3ccc[n+](C)c3c12. The van der Waals surface area contributed by atoms with E-state index in [-0.39, 0.29) is 5.39 Å². The number of fused-ring (bicyclic) bond motifs is 30. The first-order chi connectivity index (χ1) is 57.8. The van der Waals surface area contributed by atoms with Crippen molar-refractivity contribution in [1.82, 2.24) is 44.9 Å². The van der Waals surface area contributed by atoms with E-state index in [4.69, 9.17) is 9.72 Å².